The minimum absolute atomic E-state index is 0.133. The van der Waals surface area contributed by atoms with Gasteiger partial charge in [-0.1, -0.05) is 0 Å². The van der Waals surface area contributed by atoms with Gasteiger partial charge in [0.1, 0.15) is 0 Å². The quantitative estimate of drug-likeness (QED) is 0.805. The molecule has 1 aromatic heterocycles. The third-order valence-corrected chi connectivity index (χ3v) is 3.52. The second kappa shape index (κ2) is 7.45. The molecule has 2 N–H and O–H groups in total. The predicted molar refractivity (Wildman–Crippen MR) is 85.0 cm³/mol. The van der Waals surface area contributed by atoms with Crippen molar-refractivity contribution in [2.45, 2.75) is 26.4 Å². The zero-order valence-electron chi connectivity index (χ0n) is 13.7. The van der Waals surface area contributed by atoms with Gasteiger partial charge >= 0.3 is 12.1 Å². The lowest BCUT2D eigenvalue weighted by molar-refractivity contribution is -0.173. The van der Waals surface area contributed by atoms with Crippen LogP contribution in [0.3, 0.4) is 0 Å². The second-order valence-corrected chi connectivity index (χ2v) is 5.46. The van der Waals surface area contributed by atoms with E-state index in [0.29, 0.717) is 16.6 Å². The molecule has 134 valence electrons. The molecule has 0 atom stereocenters. The summed E-state index contributed by atoms with van der Waals surface area (Å²) < 4.78 is 36.0. The fraction of sp³-hybridized carbons (Fsp3) is 0.375. The van der Waals surface area contributed by atoms with Crippen molar-refractivity contribution in [3.8, 4) is 0 Å². The molecule has 0 aliphatic heterocycles. The molecule has 0 radical (unpaired) electrons. The van der Waals surface area contributed by atoms with Gasteiger partial charge in [0.15, 0.2) is 0 Å². The molecule has 1 heterocycles. The molecule has 2 aromatic rings. The zero-order valence-corrected chi connectivity index (χ0v) is 13.7. The van der Waals surface area contributed by atoms with Crippen molar-refractivity contribution in [2.24, 2.45) is 0 Å². The molecule has 0 aliphatic carbocycles. The van der Waals surface area contributed by atoms with Crippen LogP contribution in [0, 0.1) is 13.8 Å². The number of rotatable bonds is 5. The Bertz CT molecular complexity index is 806. The summed E-state index contributed by atoms with van der Waals surface area (Å²) in [4.78, 5) is 31.4. The fourth-order valence-electron chi connectivity index (χ4n) is 2.07. The van der Waals surface area contributed by atoms with Crippen LogP contribution in [0.15, 0.2) is 18.2 Å². The molecule has 0 bridgehead atoms. The monoisotopic (exact) mass is 354 g/mol. The lowest BCUT2D eigenvalue weighted by Gasteiger charge is -2.09. The molecule has 6 nitrogen and oxygen atoms in total. The summed E-state index contributed by atoms with van der Waals surface area (Å²) in [5.74, 6) is -2.36. The Morgan fingerprint density at radius 3 is 2.24 bits per heavy atom. The van der Waals surface area contributed by atoms with E-state index in [9.17, 15) is 22.8 Å². The van der Waals surface area contributed by atoms with Gasteiger partial charge in [-0.2, -0.15) is 13.2 Å². The summed E-state index contributed by atoms with van der Waals surface area (Å²) in [5.41, 5.74) is 3.23. The molecule has 0 aliphatic rings. The Balaban J connectivity index is 1.88. The Hall–Kier alpha value is -2.71. The lowest BCUT2D eigenvalue weighted by atomic mass is 10.1. The Labute approximate surface area is 141 Å². The summed E-state index contributed by atoms with van der Waals surface area (Å²) in [5, 5.41) is 4.32. The SMILES string of the molecule is Cc1nc2ccc(C(=O)NCCCNC(=O)C(F)(F)F)cc2nc1C. The van der Waals surface area contributed by atoms with Crippen molar-refractivity contribution in [3.05, 3.63) is 35.2 Å². The molecule has 0 unspecified atom stereocenters. The van der Waals surface area contributed by atoms with Crippen molar-refractivity contribution in [1.82, 2.24) is 20.6 Å². The minimum Gasteiger partial charge on any atom is -0.352 e. The largest absolute Gasteiger partial charge is 0.471 e. The van der Waals surface area contributed by atoms with Crippen molar-refractivity contribution in [3.63, 3.8) is 0 Å². The van der Waals surface area contributed by atoms with Gasteiger partial charge in [-0.25, -0.2) is 9.97 Å². The van der Waals surface area contributed by atoms with Gasteiger partial charge in [-0.15, -0.1) is 0 Å². The van der Waals surface area contributed by atoms with Crippen LogP contribution in [-0.2, 0) is 4.79 Å². The van der Waals surface area contributed by atoms with Gasteiger partial charge in [0.25, 0.3) is 5.91 Å². The number of carbonyl (C=O) groups excluding carboxylic acids is 2. The number of fused-ring (bicyclic) bond motifs is 1. The van der Waals surface area contributed by atoms with E-state index < -0.39 is 12.1 Å². The van der Waals surface area contributed by atoms with Gasteiger partial charge in [0.2, 0.25) is 0 Å². The van der Waals surface area contributed by atoms with E-state index in [1.54, 1.807) is 23.5 Å². The summed E-state index contributed by atoms with van der Waals surface area (Å²) in [6, 6.07) is 4.90. The number of nitrogens with one attached hydrogen (secondary N) is 2. The maximum atomic E-state index is 12.1. The van der Waals surface area contributed by atoms with Crippen molar-refractivity contribution >= 4 is 22.8 Å². The summed E-state index contributed by atoms with van der Waals surface area (Å²) in [6.07, 6.45) is -4.72. The van der Waals surface area contributed by atoms with Crippen LogP contribution >= 0.6 is 0 Å². The van der Waals surface area contributed by atoms with E-state index >= 15 is 0 Å². The van der Waals surface area contributed by atoms with Gasteiger partial charge in [0, 0.05) is 18.7 Å². The molecule has 2 rings (SSSR count). The van der Waals surface area contributed by atoms with Crippen molar-refractivity contribution < 1.29 is 22.8 Å². The number of hydrogen-bond acceptors (Lipinski definition) is 4. The van der Waals surface area contributed by atoms with Gasteiger partial charge in [-0.3, -0.25) is 9.59 Å². The number of carbonyl (C=O) groups is 2. The van der Waals surface area contributed by atoms with Crippen molar-refractivity contribution in [2.75, 3.05) is 13.1 Å². The second-order valence-electron chi connectivity index (χ2n) is 5.46. The number of aromatic nitrogens is 2. The van der Waals surface area contributed by atoms with E-state index in [1.807, 2.05) is 13.8 Å². The van der Waals surface area contributed by atoms with E-state index in [4.69, 9.17) is 0 Å². The zero-order chi connectivity index (χ0) is 18.6. The van der Waals surface area contributed by atoms with Crippen LogP contribution in [0.2, 0.25) is 0 Å². The van der Waals surface area contributed by atoms with Crippen LogP contribution in [0.4, 0.5) is 13.2 Å². The Kier molecular flexibility index (Phi) is 5.55. The first-order valence-electron chi connectivity index (χ1n) is 7.56. The number of benzene rings is 1. The molecule has 0 saturated carbocycles. The van der Waals surface area contributed by atoms with Gasteiger partial charge in [0.05, 0.1) is 22.4 Å². The highest BCUT2D eigenvalue weighted by Gasteiger charge is 2.38. The first kappa shape index (κ1) is 18.6. The predicted octanol–water partition coefficient (Wildman–Crippen LogP) is 2.05. The average Bonchev–Trinajstić information content (AvgIpc) is 2.54. The maximum Gasteiger partial charge on any atom is 0.471 e. The van der Waals surface area contributed by atoms with Crippen LogP contribution in [0.1, 0.15) is 28.2 Å². The third kappa shape index (κ3) is 4.88. The molecular weight excluding hydrogens is 337 g/mol. The highest BCUT2D eigenvalue weighted by Crippen LogP contribution is 2.15. The first-order valence-corrected chi connectivity index (χ1v) is 7.56. The Morgan fingerprint density at radius 1 is 1.00 bits per heavy atom. The van der Waals surface area contributed by atoms with Gasteiger partial charge in [-0.05, 0) is 38.5 Å². The first-order chi connectivity index (χ1) is 11.7. The normalized spacial score (nSPS) is 11.4. The third-order valence-electron chi connectivity index (χ3n) is 3.52. The van der Waals surface area contributed by atoms with Crippen LogP contribution in [0.25, 0.3) is 11.0 Å². The number of nitrogens with zero attached hydrogens (tertiary/aromatic N) is 2. The molecule has 0 fully saturated rings. The Morgan fingerprint density at radius 2 is 1.60 bits per heavy atom. The maximum absolute atomic E-state index is 12.1. The summed E-state index contributed by atoms with van der Waals surface area (Å²) >= 11 is 0. The number of hydrogen-bond donors (Lipinski definition) is 2. The summed E-state index contributed by atoms with van der Waals surface area (Å²) in [7, 11) is 0. The van der Waals surface area contributed by atoms with E-state index in [-0.39, 0.29) is 25.4 Å². The average molecular weight is 354 g/mol. The summed E-state index contributed by atoms with van der Waals surface area (Å²) in [6.45, 7) is 3.62. The smallest absolute Gasteiger partial charge is 0.352 e. The molecule has 25 heavy (non-hydrogen) atoms. The highest BCUT2D eigenvalue weighted by molar-refractivity contribution is 5.97. The number of alkyl halides is 3. The number of halogens is 3. The molecule has 9 heteroatoms. The molecule has 2 amide bonds. The lowest BCUT2D eigenvalue weighted by Crippen LogP contribution is -2.38. The van der Waals surface area contributed by atoms with E-state index in [2.05, 4.69) is 15.3 Å². The van der Waals surface area contributed by atoms with Gasteiger partial charge < -0.3 is 10.6 Å². The van der Waals surface area contributed by atoms with E-state index in [0.717, 1.165) is 11.4 Å². The van der Waals surface area contributed by atoms with Crippen LogP contribution in [0.5, 0.6) is 0 Å². The van der Waals surface area contributed by atoms with Crippen molar-refractivity contribution in [1.29, 1.82) is 0 Å². The molecule has 0 spiro atoms. The van der Waals surface area contributed by atoms with Crippen LogP contribution < -0.4 is 10.6 Å². The molecule has 1 aromatic carbocycles. The topological polar surface area (TPSA) is 84.0 Å². The van der Waals surface area contributed by atoms with Crippen LogP contribution in [-0.4, -0.2) is 41.0 Å². The molecular formula is C16H17F3N4O2. The fourth-order valence-corrected chi connectivity index (χ4v) is 2.07. The molecule has 0 saturated heterocycles. The van der Waals surface area contributed by atoms with E-state index in [1.165, 1.54) is 0 Å². The highest BCUT2D eigenvalue weighted by atomic mass is 19.4. The number of amides is 2. The number of aryl methyl sites for hydroxylation is 2. The standard InChI is InChI=1S/C16H17F3N4O2/c1-9-10(2)23-13-8-11(4-5-12(13)22-9)14(24)20-6-3-7-21-15(25)16(17,18)19/h4-5,8H,3,6-7H2,1-2H3,(H,20,24)(H,21,25). The minimum atomic E-state index is -4.90.